The molecule has 4 N–H and O–H groups in total. The van der Waals surface area contributed by atoms with E-state index in [0.29, 0.717) is 0 Å². The maximum Gasteiger partial charge on any atom is 0.469 e. The Hall–Kier alpha value is 0.260. The van der Waals surface area contributed by atoms with Crippen LogP contribution in [0.15, 0.2) is 0 Å². The van der Waals surface area contributed by atoms with Crippen LogP contribution in [0.2, 0.25) is 0 Å². The van der Waals surface area contributed by atoms with E-state index in [9.17, 15) is 9.13 Å². The third kappa shape index (κ3) is 22.2. The first-order valence-electron chi connectivity index (χ1n) is 9.23. The molecule has 9 heteroatoms. The Morgan fingerprint density at radius 3 is 1.56 bits per heavy atom. The quantitative estimate of drug-likeness (QED) is 0.328. The highest BCUT2D eigenvalue weighted by Gasteiger charge is 2.19. The van der Waals surface area contributed by atoms with E-state index >= 15 is 0 Å². The molecule has 0 spiro atoms. The largest absolute Gasteiger partial charge is 0.469 e. The molecule has 0 aliphatic carbocycles. The Morgan fingerprint density at radius 1 is 0.800 bits per heavy atom. The molecule has 2 unspecified atom stereocenters. The Kier molecular flexibility index (Phi) is 16.9. The highest BCUT2D eigenvalue weighted by molar-refractivity contribution is 7.51. The SMILES string of the molecule is CCCCC(CC)COP(=O)(O)O.CCCCC(CC)CP(=O)(O)O. The van der Waals surface area contributed by atoms with Crippen molar-refractivity contribution in [1.82, 2.24) is 0 Å². The van der Waals surface area contributed by atoms with Crippen LogP contribution in [0.5, 0.6) is 0 Å². The normalized spacial score (nSPS) is 14.6. The molecule has 0 amide bonds. The van der Waals surface area contributed by atoms with Crippen molar-refractivity contribution in [3.63, 3.8) is 0 Å². The van der Waals surface area contributed by atoms with Gasteiger partial charge in [0.15, 0.2) is 0 Å². The Bertz CT molecular complexity index is 392. The lowest BCUT2D eigenvalue weighted by Gasteiger charge is -2.14. The van der Waals surface area contributed by atoms with Crippen LogP contribution in [0.4, 0.5) is 0 Å². The van der Waals surface area contributed by atoms with E-state index in [2.05, 4.69) is 18.4 Å². The molecule has 2 atom stereocenters. The predicted molar refractivity (Wildman–Crippen MR) is 102 cm³/mol. The summed E-state index contributed by atoms with van der Waals surface area (Å²) < 4.78 is 25.5. The summed E-state index contributed by atoms with van der Waals surface area (Å²) in [5.41, 5.74) is 0. The van der Waals surface area contributed by atoms with Crippen LogP contribution in [-0.4, -0.2) is 32.3 Å². The van der Waals surface area contributed by atoms with Gasteiger partial charge in [-0.05, 0) is 24.7 Å². The van der Waals surface area contributed by atoms with Gasteiger partial charge < -0.3 is 19.6 Å². The molecule has 0 aliphatic heterocycles. The molecule has 0 aromatic heterocycles. The zero-order chi connectivity index (χ0) is 19.9. The smallest absolute Gasteiger partial charge is 0.324 e. The lowest BCUT2D eigenvalue weighted by atomic mass is 10.0. The van der Waals surface area contributed by atoms with E-state index < -0.39 is 15.4 Å². The van der Waals surface area contributed by atoms with E-state index in [4.69, 9.17) is 19.6 Å². The van der Waals surface area contributed by atoms with Crippen LogP contribution in [0, 0.1) is 11.8 Å². The number of hydrogen-bond donors (Lipinski definition) is 4. The monoisotopic (exact) mass is 404 g/mol. The number of phosphoric ester groups is 1. The third-order valence-electron chi connectivity index (χ3n) is 4.06. The first-order chi connectivity index (χ1) is 11.5. The third-order valence-corrected chi connectivity index (χ3v) is 5.54. The van der Waals surface area contributed by atoms with Crippen molar-refractivity contribution in [2.24, 2.45) is 11.8 Å². The van der Waals surface area contributed by atoms with Crippen LogP contribution in [0.3, 0.4) is 0 Å². The predicted octanol–water partition coefficient (Wildman–Crippen LogP) is 4.69. The fourth-order valence-corrected chi connectivity index (χ4v) is 3.87. The van der Waals surface area contributed by atoms with Crippen molar-refractivity contribution >= 4 is 15.4 Å². The Morgan fingerprint density at radius 2 is 1.24 bits per heavy atom. The summed E-state index contributed by atoms with van der Waals surface area (Å²) in [5, 5.41) is 0. The van der Waals surface area contributed by atoms with Crippen LogP contribution >= 0.6 is 15.4 Å². The molecule has 154 valence electrons. The lowest BCUT2D eigenvalue weighted by Crippen LogP contribution is -2.07. The van der Waals surface area contributed by atoms with Gasteiger partial charge in [0.1, 0.15) is 0 Å². The van der Waals surface area contributed by atoms with Gasteiger partial charge in [0.2, 0.25) is 0 Å². The minimum absolute atomic E-state index is 0.0590. The molecular formula is C16H38O7P2. The average molecular weight is 404 g/mol. The van der Waals surface area contributed by atoms with Crippen molar-refractivity contribution in [3.05, 3.63) is 0 Å². The summed E-state index contributed by atoms with van der Waals surface area (Å²) in [6.45, 7) is 8.33. The molecule has 25 heavy (non-hydrogen) atoms. The van der Waals surface area contributed by atoms with Gasteiger partial charge in [0.05, 0.1) is 12.8 Å². The summed E-state index contributed by atoms with van der Waals surface area (Å²) in [6, 6.07) is 0. The topological polar surface area (TPSA) is 124 Å². The van der Waals surface area contributed by atoms with Gasteiger partial charge in [-0.3, -0.25) is 9.09 Å². The van der Waals surface area contributed by atoms with E-state index in [1.54, 1.807) is 0 Å². The van der Waals surface area contributed by atoms with E-state index in [1.165, 1.54) is 0 Å². The summed E-state index contributed by atoms with van der Waals surface area (Å²) in [6.07, 6.45) is 8.10. The molecule has 0 rings (SSSR count). The molecule has 0 heterocycles. The molecule has 0 aromatic rings. The second-order valence-electron chi connectivity index (χ2n) is 6.47. The minimum Gasteiger partial charge on any atom is -0.324 e. The maximum atomic E-state index is 10.7. The standard InChI is InChI=1S/C8H19O4P.C8H19O3P/c1-3-5-6-8(4-2)7-12-13(9,10)11;1-3-5-6-8(4-2)7-12(9,10)11/h8H,3-7H2,1-2H3,(H2,9,10,11);8H,3-7H2,1-2H3,(H2,9,10,11). The van der Waals surface area contributed by atoms with Gasteiger partial charge in [-0.15, -0.1) is 0 Å². The van der Waals surface area contributed by atoms with E-state index in [-0.39, 0.29) is 24.6 Å². The van der Waals surface area contributed by atoms with Crippen molar-refractivity contribution in [2.75, 3.05) is 12.8 Å². The summed E-state index contributed by atoms with van der Waals surface area (Å²) in [7, 11) is -8.04. The van der Waals surface area contributed by atoms with E-state index in [0.717, 1.165) is 51.4 Å². The fraction of sp³-hybridized carbons (Fsp3) is 1.00. The second kappa shape index (κ2) is 15.3. The van der Waals surface area contributed by atoms with Crippen LogP contribution in [-0.2, 0) is 13.7 Å². The van der Waals surface area contributed by atoms with Crippen molar-refractivity contribution < 1.29 is 33.2 Å². The average Bonchev–Trinajstić information content (AvgIpc) is 2.50. The molecule has 0 saturated carbocycles. The number of unbranched alkanes of at least 4 members (excludes halogenated alkanes) is 2. The van der Waals surface area contributed by atoms with E-state index in [1.807, 2.05) is 13.8 Å². The highest BCUT2D eigenvalue weighted by Crippen LogP contribution is 2.39. The van der Waals surface area contributed by atoms with Gasteiger partial charge >= 0.3 is 15.4 Å². The molecular weight excluding hydrogens is 366 g/mol. The fourth-order valence-electron chi connectivity index (χ4n) is 2.35. The molecule has 0 saturated heterocycles. The number of rotatable bonds is 13. The number of hydrogen-bond acceptors (Lipinski definition) is 3. The lowest BCUT2D eigenvalue weighted by molar-refractivity contribution is 0.161. The van der Waals surface area contributed by atoms with Gasteiger partial charge in [0.25, 0.3) is 0 Å². The maximum absolute atomic E-state index is 10.7. The van der Waals surface area contributed by atoms with Gasteiger partial charge in [-0.1, -0.05) is 66.2 Å². The Labute approximate surface area is 153 Å². The second-order valence-corrected chi connectivity index (χ2v) is 9.40. The summed E-state index contributed by atoms with van der Waals surface area (Å²) in [4.78, 5) is 34.4. The molecule has 0 fully saturated rings. The first kappa shape index (κ1) is 27.5. The Balaban J connectivity index is 0. The molecule has 0 aromatic carbocycles. The van der Waals surface area contributed by atoms with Crippen LogP contribution in [0.1, 0.15) is 79.1 Å². The minimum atomic E-state index is -4.26. The van der Waals surface area contributed by atoms with Gasteiger partial charge in [-0.2, -0.15) is 0 Å². The molecule has 0 aliphatic rings. The molecule has 0 radical (unpaired) electrons. The molecule has 0 bridgehead atoms. The zero-order valence-corrected chi connectivity index (χ0v) is 17.9. The van der Waals surface area contributed by atoms with Crippen molar-refractivity contribution in [2.45, 2.75) is 79.1 Å². The summed E-state index contributed by atoms with van der Waals surface area (Å²) in [5.74, 6) is 0.471. The van der Waals surface area contributed by atoms with Gasteiger partial charge in [-0.25, -0.2) is 4.57 Å². The van der Waals surface area contributed by atoms with Gasteiger partial charge in [0, 0.05) is 0 Å². The summed E-state index contributed by atoms with van der Waals surface area (Å²) >= 11 is 0. The highest BCUT2D eigenvalue weighted by atomic mass is 31.2. The van der Waals surface area contributed by atoms with Crippen LogP contribution < -0.4 is 0 Å². The first-order valence-corrected chi connectivity index (χ1v) is 12.6. The van der Waals surface area contributed by atoms with Crippen LogP contribution in [0.25, 0.3) is 0 Å². The van der Waals surface area contributed by atoms with Crippen molar-refractivity contribution in [3.8, 4) is 0 Å². The number of phosphoric acid groups is 1. The molecule has 7 nitrogen and oxygen atoms in total. The zero-order valence-electron chi connectivity index (χ0n) is 16.1. The van der Waals surface area contributed by atoms with Crippen molar-refractivity contribution in [1.29, 1.82) is 0 Å².